The SMILES string of the molecule is COCCNC(=O)c1ccc(Nc2nccc(-c3ccc(Br)s3)n2)cc1. The van der Waals surface area contributed by atoms with Crippen molar-refractivity contribution in [2.24, 2.45) is 0 Å². The lowest BCUT2D eigenvalue weighted by Gasteiger charge is -2.08. The minimum Gasteiger partial charge on any atom is -0.383 e. The Morgan fingerprint density at radius 3 is 2.69 bits per heavy atom. The van der Waals surface area contributed by atoms with Crippen LogP contribution in [0, 0.1) is 0 Å². The van der Waals surface area contributed by atoms with Crippen LogP contribution in [0.25, 0.3) is 10.6 Å². The smallest absolute Gasteiger partial charge is 0.251 e. The normalized spacial score (nSPS) is 10.5. The van der Waals surface area contributed by atoms with Gasteiger partial charge in [-0.1, -0.05) is 0 Å². The number of carbonyl (C=O) groups excluding carboxylic acids is 1. The molecule has 0 aliphatic carbocycles. The molecule has 0 unspecified atom stereocenters. The zero-order valence-electron chi connectivity index (χ0n) is 14.0. The van der Waals surface area contributed by atoms with Gasteiger partial charge in [0.1, 0.15) is 0 Å². The standard InChI is InChI=1S/C18H17BrN4O2S/c1-25-11-10-20-17(24)12-2-4-13(5-3-12)22-18-21-9-8-14(23-18)15-6-7-16(19)26-15/h2-9H,10-11H2,1H3,(H,20,24)(H,21,22,23). The number of carbonyl (C=O) groups is 1. The van der Waals surface area contributed by atoms with Crippen LogP contribution >= 0.6 is 27.3 Å². The van der Waals surface area contributed by atoms with Gasteiger partial charge >= 0.3 is 0 Å². The topological polar surface area (TPSA) is 76.1 Å². The number of amides is 1. The molecule has 0 aliphatic heterocycles. The number of nitrogens with one attached hydrogen (secondary N) is 2. The molecular formula is C18H17BrN4O2S. The van der Waals surface area contributed by atoms with Crippen molar-refractivity contribution in [2.45, 2.75) is 0 Å². The van der Waals surface area contributed by atoms with Crippen LogP contribution in [0.15, 0.2) is 52.4 Å². The Labute approximate surface area is 163 Å². The zero-order valence-corrected chi connectivity index (χ0v) is 16.4. The van der Waals surface area contributed by atoms with Gasteiger partial charge in [0, 0.05) is 31.1 Å². The number of rotatable bonds is 7. The lowest BCUT2D eigenvalue weighted by atomic mass is 10.2. The maximum atomic E-state index is 12.0. The number of hydrogen-bond acceptors (Lipinski definition) is 6. The van der Waals surface area contributed by atoms with Crippen LogP contribution in [0.3, 0.4) is 0 Å². The largest absolute Gasteiger partial charge is 0.383 e. The molecule has 0 saturated heterocycles. The van der Waals surface area contributed by atoms with E-state index < -0.39 is 0 Å². The number of halogens is 1. The third kappa shape index (κ3) is 4.87. The average molecular weight is 433 g/mol. The molecule has 0 radical (unpaired) electrons. The van der Waals surface area contributed by atoms with E-state index in [-0.39, 0.29) is 5.91 Å². The molecule has 134 valence electrons. The first-order valence-corrected chi connectivity index (χ1v) is 9.49. The van der Waals surface area contributed by atoms with E-state index in [4.69, 9.17) is 4.74 Å². The summed E-state index contributed by atoms with van der Waals surface area (Å²) >= 11 is 5.07. The Morgan fingerprint density at radius 2 is 2.00 bits per heavy atom. The molecule has 3 aromatic rings. The second-order valence-corrected chi connectivity index (χ2v) is 7.78. The van der Waals surface area contributed by atoms with E-state index in [1.807, 2.05) is 30.3 Å². The number of benzene rings is 1. The summed E-state index contributed by atoms with van der Waals surface area (Å²) in [6, 6.07) is 13.0. The molecule has 1 aromatic carbocycles. The fraction of sp³-hybridized carbons (Fsp3) is 0.167. The van der Waals surface area contributed by atoms with Crippen molar-refractivity contribution in [3.63, 3.8) is 0 Å². The van der Waals surface area contributed by atoms with Gasteiger partial charge in [0.05, 0.1) is 21.0 Å². The molecule has 8 heteroatoms. The van der Waals surface area contributed by atoms with E-state index in [1.54, 1.807) is 36.8 Å². The van der Waals surface area contributed by atoms with Crippen LogP contribution in [0.2, 0.25) is 0 Å². The molecular weight excluding hydrogens is 416 g/mol. The Kier molecular flexibility index (Phi) is 6.32. The number of hydrogen-bond donors (Lipinski definition) is 2. The summed E-state index contributed by atoms with van der Waals surface area (Å²) in [7, 11) is 1.60. The lowest BCUT2D eigenvalue weighted by molar-refractivity contribution is 0.0937. The zero-order chi connectivity index (χ0) is 18.4. The van der Waals surface area contributed by atoms with Crippen molar-refractivity contribution in [3.8, 4) is 10.6 Å². The molecule has 0 aliphatic rings. The van der Waals surface area contributed by atoms with E-state index >= 15 is 0 Å². The lowest BCUT2D eigenvalue weighted by Crippen LogP contribution is -2.26. The number of anilines is 2. The van der Waals surface area contributed by atoms with Crippen molar-refractivity contribution < 1.29 is 9.53 Å². The highest BCUT2D eigenvalue weighted by molar-refractivity contribution is 9.11. The second-order valence-electron chi connectivity index (χ2n) is 5.32. The van der Waals surface area contributed by atoms with Gasteiger partial charge in [-0.05, 0) is 58.4 Å². The summed E-state index contributed by atoms with van der Waals surface area (Å²) in [5.74, 6) is 0.374. The summed E-state index contributed by atoms with van der Waals surface area (Å²) in [6.07, 6.45) is 1.72. The fourth-order valence-corrected chi connectivity index (χ4v) is 3.57. The summed E-state index contributed by atoms with van der Waals surface area (Å²) in [6.45, 7) is 0.967. The average Bonchev–Trinajstić information content (AvgIpc) is 3.09. The van der Waals surface area contributed by atoms with Crippen LogP contribution in [0.5, 0.6) is 0 Å². The van der Waals surface area contributed by atoms with Crippen molar-refractivity contribution in [3.05, 3.63) is 58.0 Å². The molecule has 2 heterocycles. The number of aromatic nitrogens is 2. The molecule has 0 atom stereocenters. The third-order valence-corrected chi connectivity index (χ3v) is 5.12. The molecule has 0 saturated carbocycles. The minimum atomic E-state index is -0.130. The summed E-state index contributed by atoms with van der Waals surface area (Å²) in [4.78, 5) is 21.8. The minimum absolute atomic E-state index is 0.130. The highest BCUT2D eigenvalue weighted by Gasteiger charge is 2.07. The fourth-order valence-electron chi connectivity index (χ4n) is 2.21. The molecule has 6 nitrogen and oxygen atoms in total. The summed E-state index contributed by atoms with van der Waals surface area (Å²) < 4.78 is 5.97. The molecule has 3 rings (SSSR count). The van der Waals surface area contributed by atoms with Crippen LogP contribution in [0.4, 0.5) is 11.6 Å². The first-order valence-electron chi connectivity index (χ1n) is 7.88. The quantitative estimate of drug-likeness (QED) is 0.549. The molecule has 0 spiro atoms. The molecule has 0 fully saturated rings. The summed E-state index contributed by atoms with van der Waals surface area (Å²) in [5.41, 5.74) is 2.25. The summed E-state index contributed by atoms with van der Waals surface area (Å²) in [5, 5.41) is 5.94. The predicted molar refractivity (Wildman–Crippen MR) is 107 cm³/mol. The van der Waals surface area contributed by atoms with Crippen LogP contribution in [-0.4, -0.2) is 36.1 Å². The van der Waals surface area contributed by atoms with E-state index in [1.165, 1.54) is 0 Å². The van der Waals surface area contributed by atoms with Crippen molar-refractivity contribution in [1.82, 2.24) is 15.3 Å². The van der Waals surface area contributed by atoms with Gasteiger partial charge in [0.25, 0.3) is 5.91 Å². The number of nitrogens with zero attached hydrogens (tertiary/aromatic N) is 2. The highest BCUT2D eigenvalue weighted by Crippen LogP contribution is 2.30. The third-order valence-electron chi connectivity index (χ3n) is 3.48. The maximum Gasteiger partial charge on any atom is 0.251 e. The molecule has 1 amide bonds. The second kappa shape index (κ2) is 8.88. The maximum absolute atomic E-state index is 12.0. The van der Waals surface area contributed by atoms with E-state index in [9.17, 15) is 4.79 Å². The van der Waals surface area contributed by atoms with Crippen molar-refractivity contribution in [1.29, 1.82) is 0 Å². The highest BCUT2D eigenvalue weighted by atomic mass is 79.9. The van der Waals surface area contributed by atoms with Gasteiger partial charge in [0.2, 0.25) is 5.95 Å². The van der Waals surface area contributed by atoms with E-state index in [0.717, 1.165) is 20.0 Å². The molecule has 0 bridgehead atoms. The monoisotopic (exact) mass is 432 g/mol. The molecule has 2 aromatic heterocycles. The van der Waals surface area contributed by atoms with Crippen LogP contribution in [-0.2, 0) is 4.74 Å². The van der Waals surface area contributed by atoms with Gasteiger partial charge in [-0.25, -0.2) is 9.97 Å². The molecule has 26 heavy (non-hydrogen) atoms. The first-order chi connectivity index (χ1) is 12.7. The van der Waals surface area contributed by atoms with Gasteiger partial charge < -0.3 is 15.4 Å². The van der Waals surface area contributed by atoms with Crippen LogP contribution < -0.4 is 10.6 Å². The van der Waals surface area contributed by atoms with E-state index in [0.29, 0.717) is 24.7 Å². The van der Waals surface area contributed by atoms with Gasteiger partial charge in [-0.3, -0.25) is 4.79 Å². The number of ether oxygens (including phenoxy) is 1. The van der Waals surface area contributed by atoms with Crippen molar-refractivity contribution >= 4 is 44.8 Å². The Balaban J connectivity index is 1.67. The van der Waals surface area contributed by atoms with Crippen molar-refractivity contribution in [2.75, 3.05) is 25.6 Å². The van der Waals surface area contributed by atoms with Gasteiger partial charge in [-0.15, -0.1) is 11.3 Å². The Hall–Kier alpha value is -2.29. The number of thiophene rings is 1. The van der Waals surface area contributed by atoms with Gasteiger partial charge in [-0.2, -0.15) is 0 Å². The first kappa shape index (κ1) is 18.5. The van der Waals surface area contributed by atoms with E-state index in [2.05, 4.69) is 36.5 Å². The van der Waals surface area contributed by atoms with Gasteiger partial charge in [0.15, 0.2) is 0 Å². The number of methoxy groups -OCH3 is 1. The molecule has 2 N–H and O–H groups in total. The van der Waals surface area contributed by atoms with Crippen LogP contribution in [0.1, 0.15) is 10.4 Å². The Morgan fingerprint density at radius 1 is 1.19 bits per heavy atom. The Bertz CT molecular complexity index is 883. The predicted octanol–water partition coefficient (Wildman–Crippen LogP) is 4.09.